The van der Waals surface area contributed by atoms with Gasteiger partial charge in [0.05, 0.1) is 0 Å². The van der Waals surface area contributed by atoms with Crippen molar-refractivity contribution in [3.05, 3.63) is 30.1 Å². The van der Waals surface area contributed by atoms with E-state index in [1.807, 2.05) is 0 Å². The second-order valence-corrected chi connectivity index (χ2v) is 9.35. The molecule has 2 aliphatic heterocycles. The van der Waals surface area contributed by atoms with Gasteiger partial charge in [0, 0.05) is 18.8 Å². The third kappa shape index (κ3) is 5.58. The lowest BCUT2D eigenvalue weighted by Gasteiger charge is -2.41. The number of piperidine rings is 1. The van der Waals surface area contributed by atoms with E-state index in [0.29, 0.717) is 24.7 Å². The number of halogens is 1. The summed E-state index contributed by atoms with van der Waals surface area (Å²) in [5, 5.41) is 2.77. The number of benzene rings is 1. The quantitative estimate of drug-likeness (QED) is 0.609. The molecular formula is C23H35FN4O2+2. The van der Waals surface area contributed by atoms with E-state index in [0.717, 1.165) is 51.1 Å². The molecule has 2 amide bonds. The molecule has 30 heavy (non-hydrogen) atoms. The minimum Gasteiger partial charge on any atom is -0.338 e. The molecule has 2 atom stereocenters. The van der Waals surface area contributed by atoms with Crippen molar-refractivity contribution in [1.29, 1.82) is 0 Å². The highest BCUT2D eigenvalue weighted by molar-refractivity contribution is 5.91. The van der Waals surface area contributed by atoms with Crippen molar-refractivity contribution in [3.63, 3.8) is 0 Å². The Bertz CT molecular complexity index is 750. The third-order valence-corrected chi connectivity index (χ3v) is 7.23. The van der Waals surface area contributed by atoms with Crippen LogP contribution in [0.4, 0.5) is 10.1 Å². The number of carbonyl (C=O) groups excluding carboxylic acids is 2. The summed E-state index contributed by atoms with van der Waals surface area (Å²) in [6.45, 7) is 6.45. The van der Waals surface area contributed by atoms with Crippen molar-refractivity contribution in [2.45, 2.75) is 32.1 Å². The number of hydrogen-bond acceptors (Lipinski definition) is 2. The molecule has 1 aromatic carbocycles. The molecule has 4 rings (SSSR count). The Labute approximate surface area is 178 Å². The molecule has 0 unspecified atom stereocenters. The summed E-state index contributed by atoms with van der Waals surface area (Å²) in [7, 11) is 0. The second-order valence-electron chi connectivity index (χ2n) is 9.35. The van der Waals surface area contributed by atoms with Crippen LogP contribution in [-0.4, -0.2) is 69.1 Å². The van der Waals surface area contributed by atoms with Gasteiger partial charge in [0.25, 0.3) is 11.8 Å². The molecule has 0 aromatic heterocycles. The molecule has 1 saturated carbocycles. The molecule has 1 aliphatic carbocycles. The molecule has 1 aromatic rings. The lowest BCUT2D eigenvalue weighted by molar-refractivity contribution is -1.00. The molecule has 3 fully saturated rings. The maximum atomic E-state index is 13.2. The number of hydrogen-bond donors (Lipinski definition) is 3. The van der Waals surface area contributed by atoms with Gasteiger partial charge >= 0.3 is 0 Å². The van der Waals surface area contributed by atoms with Crippen LogP contribution >= 0.6 is 0 Å². The van der Waals surface area contributed by atoms with E-state index in [2.05, 4.69) is 10.2 Å². The minimum absolute atomic E-state index is 0.0921. The van der Waals surface area contributed by atoms with Gasteiger partial charge in [-0.1, -0.05) is 25.3 Å². The molecular weight excluding hydrogens is 383 g/mol. The molecule has 0 bridgehead atoms. The average molecular weight is 419 g/mol. The van der Waals surface area contributed by atoms with Gasteiger partial charge in [-0.15, -0.1) is 0 Å². The highest BCUT2D eigenvalue weighted by atomic mass is 19.1. The highest BCUT2D eigenvalue weighted by Gasteiger charge is 2.34. The molecule has 3 N–H and O–H groups in total. The monoisotopic (exact) mass is 418 g/mol. The average Bonchev–Trinajstić information content (AvgIpc) is 2.74. The first-order valence-electron chi connectivity index (χ1n) is 11.6. The number of carbonyl (C=O) groups is 2. The van der Waals surface area contributed by atoms with Crippen LogP contribution < -0.4 is 15.1 Å². The van der Waals surface area contributed by atoms with E-state index >= 15 is 0 Å². The molecule has 3 aliphatic rings. The maximum Gasteiger partial charge on any atom is 0.279 e. The Morgan fingerprint density at radius 1 is 1.00 bits per heavy atom. The van der Waals surface area contributed by atoms with Crippen LogP contribution in [0, 0.1) is 17.7 Å². The summed E-state index contributed by atoms with van der Waals surface area (Å²) in [6, 6.07) is 5.98. The summed E-state index contributed by atoms with van der Waals surface area (Å²) in [5.41, 5.74) is 0.496. The van der Waals surface area contributed by atoms with Crippen LogP contribution in [0.25, 0.3) is 0 Å². The number of likely N-dealkylation sites (tertiary alicyclic amines) is 1. The largest absolute Gasteiger partial charge is 0.338 e. The smallest absolute Gasteiger partial charge is 0.279 e. The zero-order valence-electron chi connectivity index (χ0n) is 17.8. The van der Waals surface area contributed by atoms with Crippen LogP contribution in [0.15, 0.2) is 24.3 Å². The molecule has 2 saturated heterocycles. The van der Waals surface area contributed by atoms with Crippen LogP contribution in [0.5, 0.6) is 0 Å². The maximum absolute atomic E-state index is 13.2. The van der Waals surface area contributed by atoms with Crippen LogP contribution in [0.1, 0.15) is 32.1 Å². The number of fused-ring (bicyclic) bond motifs is 1. The lowest BCUT2D eigenvalue weighted by Crippen LogP contribution is -3.28. The summed E-state index contributed by atoms with van der Waals surface area (Å²) in [6.07, 6.45) is 6.53. The summed E-state index contributed by atoms with van der Waals surface area (Å²) >= 11 is 0. The SMILES string of the molecule is O=C(C[NH+]1CC[NH+](CC(=O)N2CC[C@@H]3CCCC[C@H]3C2)CC1)Nc1cccc(F)c1. The Morgan fingerprint density at radius 2 is 1.70 bits per heavy atom. The van der Waals surface area contributed by atoms with E-state index in [9.17, 15) is 14.0 Å². The number of quaternary nitrogens is 2. The van der Waals surface area contributed by atoms with Gasteiger partial charge in [0.15, 0.2) is 13.1 Å². The Balaban J connectivity index is 1.17. The number of rotatable bonds is 5. The molecule has 164 valence electrons. The van der Waals surface area contributed by atoms with Gasteiger partial charge < -0.3 is 20.0 Å². The number of nitrogens with zero attached hydrogens (tertiary/aromatic N) is 1. The van der Waals surface area contributed by atoms with E-state index < -0.39 is 0 Å². The number of piperazine rings is 1. The van der Waals surface area contributed by atoms with Gasteiger partial charge in [-0.05, 0) is 42.9 Å². The predicted molar refractivity (Wildman–Crippen MR) is 113 cm³/mol. The van der Waals surface area contributed by atoms with Gasteiger partial charge in [0.1, 0.15) is 32.0 Å². The van der Waals surface area contributed by atoms with Crippen molar-refractivity contribution in [2.24, 2.45) is 11.8 Å². The summed E-state index contributed by atoms with van der Waals surface area (Å²) in [4.78, 5) is 29.8. The van der Waals surface area contributed by atoms with E-state index in [1.54, 1.807) is 12.1 Å². The van der Waals surface area contributed by atoms with Crippen molar-refractivity contribution < 1.29 is 23.8 Å². The fourth-order valence-corrected chi connectivity index (χ4v) is 5.46. The Kier molecular flexibility index (Phi) is 7.00. The topological polar surface area (TPSA) is 58.3 Å². The van der Waals surface area contributed by atoms with Crippen molar-refractivity contribution in [2.75, 3.05) is 57.7 Å². The van der Waals surface area contributed by atoms with Crippen molar-refractivity contribution in [1.82, 2.24) is 4.90 Å². The predicted octanol–water partition coefficient (Wildman–Crippen LogP) is -0.414. The van der Waals surface area contributed by atoms with E-state index in [4.69, 9.17) is 0 Å². The highest BCUT2D eigenvalue weighted by Crippen LogP contribution is 2.35. The molecule has 0 radical (unpaired) electrons. The molecule has 2 heterocycles. The first-order valence-corrected chi connectivity index (χ1v) is 11.6. The Hall–Kier alpha value is -1.99. The van der Waals surface area contributed by atoms with Crippen LogP contribution in [-0.2, 0) is 9.59 Å². The van der Waals surface area contributed by atoms with Crippen molar-refractivity contribution >= 4 is 17.5 Å². The molecule has 6 nitrogen and oxygen atoms in total. The zero-order chi connectivity index (χ0) is 20.9. The minimum atomic E-state index is -0.352. The lowest BCUT2D eigenvalue weighted by atomic mass is 9.75. The summed E-state index contributed by atoms with van der Waals surface area (Å²) in [5.74, 6) is 1.44. The second kappa shape index (κ2) is 9.88. The normalized spacial score (nSPS) is 29.2. The van der Waals surface area contributed by atoms with E-state index in [-0.39, 0.29) is 11.7 Å². The zero-order valence-corrected chi connectivity index (χ0v) is 17.8. The first-order chi connectivity index (χ1) is 14.6. The summed E-state index contributed by atoms with van der Waals surface area (Å²) < 4.78 is 13.2. The Morgan fingerprint density at radius 3 is 2.43 bits per heavy atom. The van der Waals surface area contributed by atoms with Gasteiger partial charge in [-0.2, -0.15) is 0 Å². The van der Waals surface area contributed by atoms with E-state index in [1.165, 1.54) is 54.0 Å². The molecule has 7 heteroatoms. The van der Waals surface area contributed by atoms with Crippen LogP contribution in [0.2, 0.25) is 0 Å². The first kappa shape index (κ1) is 21.2. The fourth-order valence-electron chi connectivity index (χ4n) is 5.46. The van der Waals surface area contributed by atoms with Gasteiger partial charge in [0.2, 0.25) is 0 Å². The number of anilines is 1. The van der Waals surface area contributed by atoms with Gasteiger partial charge in [-0.25, -0.2) is 4.39 Å². The third-order valence-electron chi connectivity index (χ3n) is 7.23. The number of amides is 2. The number of nitrogens with one attached hydrogen (secondary N) is 3. The fraction of sp³-hybridized carbons (Fsp3) is 0.652. The standard InChI is InChI=1S/C23H33FN4O2/c24-20-6-3-7-21(14-20)25-22(29)16-26-10-12-27(13-11-26)17-23(30)28-9-8-18-4-1-2-5-19(18)15-28/h3,6-7,14,18-19H,1-2,4-5,8-13,15-17H2,(H,25,29)/p+2/t18-,19-/m0/s1. The van der Waals surface area contributed by atoms with Crippen molar-refractivity contribution in [3.8, 4) is 0 Å². The van der Waals surface area contributed by atoms with Gasteiger partial charge in [-0.3, -0.25) is 9.59 Å². The van der Waals surface area contributed by atoms with Crippen LogP contribution in [0.3, 0.4) is 0 Å². The molecule has 0 spiro atoms.